The lowest BCUT2D eigenvalue weighted by Gasteiger charge is -2.40. The van der Waals surface area contributed by atoms with Crippen LogP contribution in [0.4, 0.5) is 0 Å². The van der Waals surface area contributed by atoms with E-state index in [4.69, 9.17) is 14.6 Å². The van der Waals surface area contributed by atoms with Crippen LogP contribution in [0.2, 0.25) is 0 Å². The molecule has 15 nitrogen and oxygen atoms in total. The lowest BCUT2D eigenvalue weighted by atomic mass is 9.93. The molecule has 0 bridgehead atoms. The van der Waals surface area contributed by atoms with Crippen molar-refractivity contribution in [3.8, 4) is 11.8 Å². The number of nitrogens with one attached hydrogen (secondary N) is 2. The minimum absolute atomic E-state index is 0.0567. The minimum atomic E-state index is -4.76. The van der Waals surface area contributed by atoms with Gasteiger partial charge in [-0.05, 0) is 48.5 Å². The van der Waals surface area contributed by atoms with Crippen molar-refractivity contribution in [1.29, 1.82) is 0 Å². The molecule has 4 N–H and O–H groups in total. The highest BCUT2D eigenvalue weighted by Gasteiger charge is 2.50. The van der Waals surface area contributed by atoms with Crippen molar-refractivity contribution in [2.45, 2.75) is 69.7 Å². The fourth-order valence-corrected chi connectivity index (χ4v) is 7.61. The Labute approximate surface area is 228 Å². The fourth-order valence-electron chi connectivity index (χ4n) is 2.22. The molecule has 0 saturated heterocycles. The number of sulfonamides is 1. The number of hydrogen-bond acceptors (Lipinski definition) is 13. The second-order valence-corrected chi connectivity index (χ2v) is 16.4. The SMILES string of the molecule is CC#CC(C)(C)S(=O)NS(=O)(=O)OCC(O)COC(C)(C)C(C)(C)S(=O)(=O)NS(=O)(=O)OCCOCCO. The van der Waals surface area contributed by atoms with E-state index in [1.807, 2.05) is 0 Å². The first-order valence-electron chi connectivity index (χ1n) is 11.0. The molecule has 0 rings (SSSR count). The molecule has 0 aliphatic rings. The molecule has 0 spiro atoms. The standard InChI is InChI=1S/C19H38N2O13S4/c1-8-9-17(2,3)35(24)20-37(27,28)34-15-16(23)14-32-18(4,5)19(6,7)36(25,26)21-38(29,30)33-13-12-31-11-10-22/h16,20-23H,10-15H2,1-7H3. The van der Waals surface area contributed by atoms with Gasteiger partial charge in [-0.15, -0.1) is 10.0 Å². The van der Waals surface area contributed by atoms with E-state index in [2.05, 4.69) is 20.2 Å². The van der Waals surface area contributed by atoms with Crippen LogP contribution in [0.1, 0.15) is 48.5 Å². The van der Waals surface area contributed by atoms with Gasteiger partial charge >= 0.3 is 20.6 Å². The van der Waals surface area contributed by atoms with E-state index in [1.54, 1.807) is 4.13 Å². The van der Waals surface area contributed by atoms with Crippen molar-refractivity contribution in [3.05, 3.63) is 0 Å². The van der Waals surface area contributed by atoms with Crippen LogP contribution >= 0.6 is 0 Å². The molecule has 2 unspecified atom stereocenters. The maximum atomic E-state index is 12.9. The molecule has 226 valence electrons. The quantitative estimate of drug-likeness (QED) is 0.0937. The maximum absolute atomic E-state index is 12.9. The molecule has 0 radical (unpaired) electrons. The number of ether oxygens (including phenoxy) is 2. The second kappa shape index (κ2) is 14.7. The molecule has 0 aliphatic carbocycles. The van der Waals surface area contributed by atoms with Gasteiger partial charge in [0.2, 0.25) is 10.0 Å². The molecule has 0 amide bonds. The monoisotopic (exact) mass is 630 g/mol. The Morgan fingerprint density at radius 2 is 1.47 bits per heavy atom. The Kier molecular flexibility index (Phi) is 14.5. The molecule has 0 fully saturated rings. The Morgan fingerprint density at radius 3 is 2.00 bits per heavy atom. The largest absolute Gasteiger partial charge is 0.394 e. The van der Waals surface area contributed by atoms with Gasteiger partial charge in [-0.1, -0.05) is 10.0 Å². The van der Waals surface area contributed by atoms with E-state index in [9.17, 15) is 34.6 Å². The third-order valence-electron chi connectivity index (χ3n) is 5.15. The number of hydrogen-bond donors (Lipinski definition) is 4. The smallest absolute Gasteiger partial charge is 0.349 e. The Balaban J connectivity index is 5.12. The summed E-state index contributed by atoms with van der Waals surface area (Å²) in [6, 6.07) is 0. The van der Waals surface area contributed by atoms with E-state index in [0.29, 0.717) is 0 Å². The molecule has 0 aliphatic heterocycles. The van der Waals surface area contributed by atoms with Crippen molar-refractivity contribution in [2.75, 3.05) is 39.6 Å². The van der Waals surface area contributed by atoms with Gasteiger partial charge in [-0.3, -0.25) is 8.37 Å². The lowest BCUT2D eigenvalue weighted by molar-refractivity contribution is -0.0827. The summed E-state index contributed by atoms with van der Waals surface area (Å²) in [7, 11) is -16.2. The van der Waals surface area contributed by atoms with Gasteiger partial charge in [0.15, 0.2) is 0 Å². The Morgan fingerprint density at radius 1 is 0.895 bits per heavy atom. The topological polar surface area (TPSA) is 221 Å². The van der Waals surface area contributed by atoms with Crippen LogP contribution in [0.5, 0.6) is 0 Å². The third kappa shape index (κ3) is 12.2. The molecule has 0 aromatic carbocycles. The van der Waals surface area contributed by atoms with E-state index in [-0.39, 0.29) is 19.8 Å². The van der Waals surface area contributed by atoms with Crippen LogP contribution in [0.3, 0.4) is 0 Å². The summed E-state index contributed by atoms with van der Waals surface area (Å²) in [5.74, 6) is 5.12. The second-order valence-electron chi connectivity index (χ2n) is 9.16. The van der Waals surface area contributed by atoms with Crippen molar-refractivity contribution >= 4 is 41.6 Å². The summed E-state index contributed by atoms with van der Waals surface area (Å²) >= 11 is 0. The number of aliphatic hydroxyl groups excluding tert-OH is 2. The van der Waals surface area contributed by atoms with Crippen LogP contribution in [0.25, 0.3) is 0 Å². The first kappa shape index (κ1) is 37.2. The summed E-state index contributed by atoms with van der Waals surface area (Å²) in [5, 5.41) is 18.7. The minimum Gasteiger partial charge on any atom is -0.394 e. The lowest BCUT2D eigenvalue weighted by Crippen LogP contribution is -2.58. The van der Waals surface area contributed by atoms with Crippen molar-refractivity contribution in [2.24, 2.45) is 0 Å². The molecular weight excluding hydrogens is 592 g/mol. The average Bonchev–Trinajstić information content (AvgIpc) is 2.75. The van der Waals surface area contributed by atoms with E-state index < -0.39 is 82.6 Å². The average molecular weight is 631 g/mol. The van der Waals surface area contributed by atoms with Crippen molar-refractivity contribution < 1.29 is 57.5 Å². The number of aliphatic hydroxyl groups is 2. The predicted molar refractivity (Wildman–Crippen MR) is 139 cm³/mol. The normalized spacial score (nSPS) is 15.5. The maximum Gasteiger partial charge on any atom is 0.349 e. The highest BCUT2D eigenvalue weighted by Crippen LogP contribution is 2.33. The van der Waals surface area contributed by atoms with Crippen molar-refractivity contribution in [3.63, 3.8) is 0 Å². The van der Waals surface area contributed by atoms with E-state index >= 15 is 0 Å². The molecule has 0 saturated carbocycles. The summed E-state index contributed by atoms with van der Waals surface area (Å²) in [6.07, 6.45) is -1.57. The van der Waals surface area contributed by atoms with Crippen LogP contribution in [0.15, 0.2) is 0 Å². The molecule has 19 heteroatoms. The zero-order valence-corrected chi connectivity index (χ0v) is 25.6. The Hall–Kier alpha value is -0.760. The van der Waals surface area contributed by atoms with Gasteiger partial charge in [0, 0.05) is 0 Å². The van der Waals surface area contributed by atoms with Crippen LogP contribution < -0.4 is 8.25 Å². The molecule has 2 atom stereocenters. The van der Waals surface area contributed by atoms with Gasteiger partial charge in [-0.25, -0.2) is 12.6 Å². The van der Waals surface area contributed by atoms with E-state index in [1.165, 1.54) is 52.6 Å². The molecular formula is C19H38N2O13S4. The van der Waals surface area contributed by atoms with Gasteiger partial charge < -0.3 is 19.7 Å². The summed E-state index contributed by atoms with van der Waals surface area (Å²) in [6.45, 7) is 6.85. The zero-order valence-electron chi connectivity index (χ0n) is 22.3. The summed E-state index contributed by atoms with van der Waals surface area (Å²) in [4.78, 5) is 0. The highest BCUT2D eigenvalue weighted by molar-refractivity contribution is 8.03. The van der Waals surface area contributed by atoms with Gasteiger partial charge in [0.25, 0.3) is 0 Å². The first-order chi connectivity index (χ1) is 17.1. The van der Waals surface area contributed by atoms with Gasteiger partial charge in [-0.2, -0.15) is 16.8 Å². The van der Waals surface area contributed by atoms with Crippen molar-refractivity contribution in [1.82, 2.24) is 8.25 Å². The van der Waals surface area contributed by atoms with Crippen LogP contribution in [-0.2, 0) is 59.5 Å². The fraction of sp³-hybridized carbons (Fsp3) is 0.895. The Bertz CT molecular complexity index is 1170. The summed E-state index contributed by atoms with van der Waals surface area (Å²) < 4.78 is 106. The zero-order chi connectivity index (χ0) is 30.1. The highest BCUT2D eigenvalue weighted by atomic mass is 32.3. The first-order valence-corrected chi connectivity index (χ1v) is 16.5. The molecule has 0 aromatic heterocycles. The van der Waals surface area contributed by atoms with Crippen LogP contribution in [0, 0.1) is 11.8 Å². The van der Waals surface area contributed by atoms with E-state index in [0.717, 1.165) is 0 Å². The molecule has 0 aromatic rings. The van der Waals surface area contributed by atoms with Gasteiger partial charge in [0.05, 0.1) is 45.2 Å². The van der Waals surface area contributed by atoms with Gasteiger partial charge in [0.1, 0.15) is 26.6 Å². The predicted octanol–water partition coefficient (Wildman–Crippen LogP) is -1.57. The molecule has 38 heavy (non-hydrogen) atoms. The third-order valence-corrected chi connectivity index (χ3v) is 12.1. The molecule has 0 heterocycles. The summed E-state index contributed by atoms with van der Waals surface area (Å²) in [5.41, 5.74) is -1.64. The number of rotatable bonds is 19. The van der Waals surface area contributed by atoms with Crippen LogP contribution in [-0.4, -0.2) is 101 Å².